The predicted molar refractivity (Wildman–Crippen MR) is 59.1 cm³/mol. The number of carbonyl (C=O) groups excluding carboxylic acids is 1. The first-order valence-corrected chi connectivity index (χ1v) is 5.75. The summed E-state index contributed by atoms with van der Waals surface area (Å²) in [5.74, 6) is 1.07. The molecule has 84 valence electrons. The summed E-state index contributed by atoms with van der Waals surface area (Å²) in [4.78, 5) is 11.3. The molecule has 0 radical (unpaired) electrons. The summed E-state index contributed by atoms with van der Waals surface area (Å²) in [6.07, 6.45) is 3.75. The Morgan fingerprint density at radius 2 is 1.71 bits per heavy atom. The second-order valence-electron chi connectivity index (χ2n) is 4.24. The van der Waals surface area contributed by atoms with E-state index in [0.29, 0.717) is 24.9 Å². The molecule has 0 fully saturated rings. The van der Waals surface area contributed by atoms with Gasteiger partial charge in [-0.05, 0) is 18.3 Å². The average molecular weight is 200 g/mol. The van der Waals surface area contributed by atoms with Crippen molar-refractivity contribution in [2.75, 3.05) is 6.61 Å². The predicted octanol–water partition coefficient (Wildman–Crippen LogP) is 3.40. The van der Waals surface area contributed by atoms with E-state index in [1.54, 1.807) is 0 Å². The van der Waals surface area contributed by atoms with Crippen molar-refractivity contribution in [1.82, 2.24) is 0 Å². The van der Waals surface area contributed by atoms with Crippen LogP contribution in [0.1, 0.15) is 53.4 Å². The molecule has 14 heavy (non-hydrogen) atoms. The molecule has 0 saturated heterocycles. The molecule has 0 aliphatic rings. The Labute approximate surface area is 88.0 Å². The molecule has 2 atom stereocenters. The topological polar surface area (TPSA) is 26.3 Å². The normalized spacial score (nSPS) is 14.9. The minimum atomic E-state index is -0.0392. The zero-order chi connectivity index (χ0) is 11.0. The van der Waals surface area contributed by atoms with E-state index in [2.05, 4.69) is 27.7 Å². The maximum absolute atomic E-state index is 11.3. The highest BCUT2D eigenvalue weighted by Crippen LogP contribution is 2.09. The smallest absolute Gasteiger partial charge is 0.306 e. The molecule has 0 aliphatic carbocycles. The lowest BCUT2D eigenvalue weighted by molar-refractivity contribution is -0.145. The fourth-order valence-corrected chi connectivity index (χ4v) is 1.07. The van der Waals surface area contributed by atoms with Gasteiger partial charge in [0.2, 0.25) is 0 Å². The Morgan fingerprint density at radius 1 is 1.14 bits per heavy atom. The summed E-state index contributed by atoms with van der Waals surface area (Å²) in [6, 6.07) is 0. The van der Waals surface area contributed by atoms with Crippen LogP contribution in [0.4, 0.5) is 0 Å². The van der Waals surface area contributed by atoms with E-state index in [4.69, 9.17) is 4.74 Å². The third-order valence-electron chi connectivity index (χ3n) is 2.78. The number of hydrogen-bond donors (Lipinski definition) is 0. The van der Waals surface area contributed by atoms with Crippen LogP contribution in [-0.4, -0.2) is 12.6 Å². The average Bonchev–Trinajstić information content (AvgIpc) is 2.17. The van der Waals surface area contributed by atoms with Gasteiger partial charge in [0.15, 0.2) is 0 Å². The number of rotatable bonds is 7. The molecule has 2 heteroatoms. The molecule has 0 spiro atoms. The van der Waals surface area contributed by atoms with Crippen molar-refractivity contribution in [1.29, 1.82) is 0 Å². The second kappa shape index (κ2) is 7.84. The van der Waals surface area contributed by atoms with Gasteiger partial charge in [0.25, 0.3) is 0 Å². The summed E-state index contributed by atoms with van der Waals surface area (Å²) in [5, 5.41) is 0. The SMILES string of the molecule is CCC(C)CCOC(=O)CC(C)CC. The van der Waals surface area contributed by atoms with E-state index in [-0.39, 0.29) is 5.97 Å². The molecule has 0 aliphatic heterocycles. The summed E-state index contributed by atoms with van der Waals surface area (Å²) in [5.41, 5.74) is 0. The van der Waals surface area contributed by atoms with Gasteiger partial charge in [0.1, 0.15) is 0 Å². The van der Waals surface area contributed by atoms with Crippen molar-refractivity contribution in [2.45, 2.75) is 53.4 Å². The summed E-state index contributed by atoms with van der Waals surface area (Å²) < 4.78 is 5.15. The zero-order valence-electron chi connectivity index (χ0n) is 10.0. The first kappa shape index (κ1) is 13.5. The van der Waals surface area contributed by atoms with E-state index >= 15 is 0 Å². The fourth-order valence-electron chi connectivity index (χ4n) is 1.07. The van der Waals surface area contributed by atoms with Crippen LogP contribution in [0.3, 0.4) is 0 Å². The lowest BCUT2D eigenvalue weighted by Gasteiger charge is -2.10. The molecular weight excluding hydrogens is 176 g/mol. The Kier molecular flexibility index (Phi) is 7.54. The van der Waals surface area contributed by atoms with Crippen molar-refractivity contribution < 1.29 is 9.53 Å². The fraction of sp³-hybridized carbons (Fsp3) is 0.917. The second-order valence-corrected chi connectivity index (χ2v) is 4.24. The van der Waals surface area contributed by atoms with Crippen LogP contribution >= 0.6 is 0 Å². The van der Waals surface area contributed by atoms with Gasteiger partial charge in [0.05, 0.1) is 6.61 Å². The molecule has 2 unspecified atom stereocenters. The van der Waals surface area contributed by atoms with E-state index in [0.717, 1.165) is 19.3 Å². The molecule has 0 rings (SSSR count). The van der Waals surface area contributed by atoms with Crippen molar-refractivity contribution >= 4 is 5.97 Å². The third kappa shape index (κ3) is 6.93. The van der Waals surface area contributed by atoms with Gasteiger partial charge in [0, 0.05) is 6.42 Å². The lowest BCUT2D eigenvalue weighted by Crippen LogP contribution is -2.11. The first-order chi connectivity index (χ1) is 6.60. The molecule has 0 amide bonds. The highest BCUT2D eigenvalue weighted by Gasteiger charge is 2.08. The highest BCUT2D eigenvalue weighted by atomic mass is 16.5. The van der Waals surface area contributed by atoms with Gasteiger partial charge >= 0.3 is 5.97 Å². The van der Waals surface area contributed by atoms with Crippen LogP contribution in [0.2, 0.25) is 0 Å². The molecule has 0 aromatic rings. The summed E-state index contributed by atoms with van der Waals surface area (Å²) >= 11 is 0. The Hall–Kier alpha value is -0.530. The molecule has 2 nitrogen and oxygen atoms in total. The minimum absolute atomic E-state index is 0.0392. The van der Waals surface area contributed by atoms with Crippen LogP contribution in [0.5, 0.6) is 0 Å². The number of hydrogen-bond acceptors (Lipinski definition) is 2. The van der Waals surface area contributed by atoms with Gasteiger partial charge in [-0.15, -0.1) is 0 Å². The van der Waals surface area contributed by atoms with Gasteiger partial charge < -0.3 is 4.74 Å². The molecular formula is C12H24O2. The Bertz CT molecular complexity index is 154. The van der Waals surface area contributed by atoms with E-state index in [9.17, 15) is 4.79 Å². The van der Waals surface area contributed by atoms with Crippen molar-refractivity contribution in [2.24, 2.45) is 11.8 Å². The molecule has 0 bridgehead atoms. The number of ether oxygens (including phenoxy) is 1. The van der Waals surface area contributed by atoms with Gasteiger partial charge in [-0.3, -0.25) is 4.79 Å². The largest absolute Gasteiger partial charge is 0.466 e. The molecule has 0 aromatic heterocycles. The number of esters is 1. The maximum Gasteiger partial charge on any atom is 0.306 e. The maximum atomic E-state index is 11.3. The molecule has 0 heterocycles. The third-order valence-corrected chi connectivity index (χ3v) is 2.78. The first-order valence-electron chi connectivity index (χ1n) is 5.75. The van der Waals surface area contributed by atoms with Crippen molar-refractivity contribution in [3.63, 3.8) is 0 Å². The van der Waals surface area contributed by atoms with Crippen LogP contribution in [0.15, 0.2) is 0 Å². The zero-order valence-corrected chi connectivity index (χ0v) is 10.0. The minimum Gasteiger partial charge on any atom is -0.466 e. The molecule has 0 N–H and O–H groups in total. The monoisotopic (exact) mass is 200 g/mol. The lowest BCUT2D eigenvalue weighted by atomic mass is 10.1. The van der Waals surface area contributed by atoms with E-state index in [1.165, 1.54) is 0 Å². The quantitative estimate of drug-likeness (QED) is 0.589. The van der Waals surface area contributed by atoms with Crippen LogP contribution in [0, 0.1) is 11.8 Å². The Balaban J connectivity index is 3.44. The Morgan fingerprint density at radius 3 is 2.21 bits per heavy atom. The standard InChI is InChI=1S/C12H24O2/c1-5-10(3)7-8-14-12(13)9-11(4)6-2/h10-11H,5-9H2,1-4H3. The van der Waals surface area contributed by atoms with Crippen molar-refractivity contribution in [3.05, 3.63) is 0 Å². The number of carbonyl (C=O) groups is 1. The van der Waals surface area contributed by atoms with Gasteiger partial charge in [-0.2, -0.15) is 0 Å². The molecule has 0 aromatic carbocycles. The van der Waals surface area contributed by atoms with Gasteiger partial charge in [-0.1, -0.05) is 40.5 Å². The van der Waals surface area contributed by atoms with Crippen molar-refractivity contribution in [3.8, 4) is 0 Å². The highest BCUT2D eigenvalue weighted by molar-refractivity contribution is 5.69. The van der Waals surface area contributed by atoms with Gasteiger partial charge in [-0.25, -0.2) is 0 Å². The molecule has 0 saturated carbocycles. The van der Waals surface area contributed by atoms with Crippen LogP contribution in [0.25, 0.3) is 0 Å². The van der Waals surface area contributed by atoms with E-state index in [1.807, 2.05) is 0 Å². The van der Waals surface area contributed by atoms with Crippen LogP contribution in [-0.2, 0) is 9.53 Å². The van der Waals surface area contributed by atoms with E-state index < -0.39 is 0 Å². The van der Waals surface area contributed by atoms with Crippen LogP contribution < -0.4 is 0 Å². The summed E-state index contributed by atoms with van der Waals surface area (Å²) in [7, 11) is 0. The summed E-state index contributed by atoms with van der Waals surface area (Å²) in [6.45, 7) is 9.10.